The highest BCUT2D eigenvalue weighted by molar-refractivity contribution is 5.28. The molecule has 1 aromatic rings. The number of ether oxygens (including phenoxy) is 2. The lowest BCUT2D eigenvalue weighted by atomic mass is 10.2. The van der Waals surface area contributed by atoms with Crippen LogP contribution < -0.4 is 10.1 Å². The van der Waals surface area contributed by atoms with Crippen LogP contribution in [0, 0.1) is 0 Å². The van der Waals surface area contributed by atoms with Crippen LogP contribution in [0.15, 0.2) is 24.3 Å². The van der Waals surface area contributed by atoms with Crippen molar-refractivity contribution in [3.05, 3.63) is 29.8 Å². The lowest BCUT2D eigenvalue weighted by Crippen LogP contribution is -2.30. The summed E-state index contributed by atoms with van der Waals surface area (Å²) in [6.07, 6.45) is 2.29. The molecule has 0 aliphatic carbocycles. The van der Waals surface area contributed by atoms with E-state index in [1.807, 2.05) is 6.07 Å². The fourth-order valence-electron chi connectivity index (χ4n) is 2.47. The number of nitrogens with one attached hydrogen (secondary N) is 1. The molecule has 0 bridgehead atoms. The Morgan fingerprint density at radius 2 is 2.24 bits per heavy atom. The van der Waals surface area contributed by atoms with Crippen LogP contribution in [0.1, 0.15) is 25.3 Å². The SMILES string of the molecule is CCCNCc1cccc(OCCN2CCCOCC2)c1. The van der Waals surface area contributed by atoms with Gasteiger partial charge in [-0.25, -0.2) is 0 Å². The minimum absolute atomic E-state index is 0.742. The van der Waals surface area contributed by atoms with E-state index in [9.17, 15) is 0 Å². The topological polar surface area (TPSA) is 33.7 Å². The van der Waals surface area contributed by atoms with Crippen LogP contribution >= 0.6 is 0 Å². The van der Waals surface area contributed by atoms with E-state index >= 15 is 0 Å². The van der Waals surface area contributed by atoms with Gasteiger partial charge in [0.2, 0.25) is 0 Å². The lowest BCUT2D eigenvalue weighted by Gasteiger charge is -2.19. The van der Waals surface area contributed by atoms with E-state index in [1.165, 1.54) is 5.56 Å². The largest absolute Gasteiger partial charge is 0.492 e. The summed E-state index contributed by atoms with van der Waals surface area (Å²) in [6.45, 7) is 9.74. The van der Waals surface area contributed by atoms with Crippen LogP contribution in [0.2, 0.25) is 0 Å². The normalized spacial score (nSPS) is 16.6. The van der Waals surface area contributed by atoms with Gasteiger partial charge in [0.1, 0.15) is 12.4 Å². The molecule has 0 saturated carbocycles. The third-order valence-corrected chi connectivity index (χ3v) is 3.65. The van der Waals surface area contributed by atoms with Gasteiger partial charge < -0.3 is 14.8 Å². The molecule has 0 aromatic heterocycles. The van der Waals surface area contributed by atoms with E-state index < -0.39 is 0 Å². The van der Waals surface area contributed by atoms with Crippen molar-refractivity contribution < 1.29 is 9.47 Å². The van der Waals surface area contributed by atoms with Gasteiger partial charge in [0, 0.05) is 32.8 Å². The van der Waals surface area contributed by atoms with Crippen molar-refractivity contribution in [2.45, 2.75) is 26.3 Å². The first-order valence-corrected chi connectivity index (χ1v) is 8.11. The molecule has 4 heteroatoms. The van der Waals surface area contributed by atoms with Crippen LogP contribution in [0.25, 0.3) is 0 Å². The van der Waals surface area contributed by atoms with E-state index in [0.717, 1.165) is 71.1 Å². The standard InChI is InChI=1S/C17H28N2O2/c1-2-7-18-15-16-5-3-6-17(14-16)21-13-10-19-8-4-11-20-12-9-19/h3,5-6,14,18H,2,4,7-13,15H2,1H3. The van der Waals surface area contributed by atoms with Crippen molar-refractivity contribution in [1.29, 1.82) is 0 Å². The van der Waals surface area contributed by atoms with Gasteiger partial charge in [0.15, 0.2) is 0 Å². The number of nitrogens with zero attached hydrogens (tertiary/aromatic N) is 1. The maximum Gasteiger partial charge on any atom is 0.119 e. The third kappa shape index (κ3) is 6.46. The summed E-state index contributed by atoms with van der Waals surface area (Å²) in [5.74, 6) is 0.969. The van der Waals surface area contributed by atoms with Crippen molar-refractivity contribution >= 4 is 0 Å². The summed E-state index contributed by atoms with van der Waals surface area (Å²) in [6, 6.07) is 8.38. The van der Waals surface area contributed by atoms with Crippen molar-refractivity contribution in [3.8, 4) is 5.75 Å². The number of benzene rings is 1. The molecule has 0 atom stereocenters. The van der Waals surface area contributed by atoms with E-state index in [1.54, 1.807) is 0 Å². The molecule has 1 aromatic carbocycles. The van der Waals surface area contributed by atoms with Crippen LogP contribution in [-0.4, -0.2) is 50.9 Å². The quantitative estimate of drug-likeness (QED) is 0.745. The molecule has 1 N–H and O–H groups in total. The van der Waals surface area contributed by atoms with Crippen LogP contribution in [-0.2, 0) is 11.3 Å². The molecule has 2 rings (SSSR count). The first-order chi connectivity index (χ1) is 10.4. The maximum atomic E-state index is 5.89. The minimum atomic E-state index is 0.742. The number of hydrogen-bond acceptors (Lipinski definition) is 4. The van der Waals surface area contributed by atoms with E-state index in [0.29, 0.717) is 0 Å². The molecule has 0 radical (unpaired) electrons. The van der Waals surface area contributed by atoms with Crippen LogP contribution in [0.5, 0.6) is 5.75 Å². The van der Waals surface area contributed by atoms with Gasteiger partial charge in [-0.15, -0.1) is 0 Å². The van der Waals surface area contributed by atoms with Gasteiger partial charge in [-0.1, -0.05) is 19.1 Å². The highest BCUT2D eigenvalue weighted by Crippen LogP contribution is 2.13. The van der Waals surface area contributed by atoms with Gasteiger partial charge in [0.05, 0.1) is 6.61 Å². The molecule has 1 heterocycles. The van der Waals surface area contributed by atoms with Gasteiger partial charge >= 0.3 is 0 Å². The van der Waals surface area contributed by atoms with Crippen LogP contribution in [0.3, 0.4) is 0 Å². The van der Waals surface area contributed by atoms with Gasteiger partial charge in [-0.05, 0) is 37.1 Å². The highest BCUT2D eigenvalue weighted by atomic mass is 16.5. The first kappa shape index (κ1) is 16.3. The molecule has 1 aliphatic rings. The summed E-state index contributed by atoms with van der Waals surface area (Å²) in [5, 5.41) is 3.42. The Morgan fingerprint density at radius 1 is 1.29 bits per heavy atom. The van der Waals surface area contributed by atoms with E-state index in [4.69, 9.17) is 9.47 Å². The first-order valence-electron chi connectivity index (χ1n) is 8.11. The van der Waals surface area contributed by atoms with Gasteiger partial charge in [-0.3, -0.25) is 4.90 Å². The monoisotopic (exact) mass is 292 g/mol. The van der Waals surface area contributed by atoms with E-state index in [2.05, 4.69) is 35.3 Å². The zero-order valence-electron chi connectivity index (χ0n) is 13.1. The smallest absolute Gasteiger partial charge is 0.119 e. The molecule has 0 spiro atoms. The maximum absolute atomic E-state index is 5.89. The predicted molar refractivity (Wildman–Crippen MR) is 85.8 cm³/mol. The highest BCUT2D eigenvalue weighted by Gasteiger charge is 2.08. The molecule has 1 aliphatic heterocycles. The Hall–Kier alpha value is -1.10. The Morgan fingerprint density at radius 3 is 3.14 bits per heavy atom. The second-order valence-electron chi connectivity index (χ2n) is 5.48. The van der Waals surface area contributed by atoms with Crippen molar-refractivity contribution in [2.75, 3.05) is 46.0 Å². The Labute approximate surface area is 128 Å². The fraction of sp³-hybridized carbons (Fsp3) is 0.647. The Kier molecular flexibility index (Phi) is 7.57. The second-order valence-corrected chi connectivity index (χ2v) is 5.48. The fourth-order valence-corrected chi connectivity index (χ4v) is 2.47. The van der Waals surface area contributed by atoms with Crippen molar-refractivity contribution in [3.63, 3.8) is 0 Å². The molecule has 0 unspecified atom stereocenters. The zero-order chi connectivity index (χ0) is 14.8. The van der Waals surface area contributed by atoms with Gasteiger partial charge in [0.25, 0.3) is 0 Å². The summed E-state index contributed by atoms with van der Waals surface area (Å²) in [5.41, 5.74) is 1.28. The van der Waals surface area contributed by atoms with Crippen LogP contribution in [0.4, 0.5) is 0 Å². The summed E-state index contributed by atoms with van der Waals surface area (Å²) >= 11 is 0. The Bertz CT molecular complexity index is 390. The molecule has 118 valence electrons. The third-order valence-electron chi connectivity index (χ3n) is 3.65. The molecular weight excluding hydrogens is 264 g/mol. The molecule has 4 nitrogen and oxygen atoms in total. The minimum Gasteiger partial charge on any atom is -0.492 e. The molecule has 1 fully saturated rings. The van der Waals surface area contributed by atoms with E-state index in [-0.39, 0.29) is 0 Å². The number of rotatable bonds is 8. The van der Waals surface area contributed by atoms with Crippen molar-refractivity contribution in [2.24, 2.45) is 0 Å². The lowest BCUT2D eigenvalue weighted by molar-refractivity contribution is 0.137. The number of hydrogen-bond donors (Lipinski definition) is 1. The second kappa shape index (κ2) is 9.77. The zero-order valence-corrected chi connectivity index (χ0v) is 13.1. The molecule has 0 amide bonds. The summed E-state index contributed by atoms with van der Waals surface area (Å²) < 4.78 is 11.3. The molecular formula is C17H28N2O2. The molecule has 21 heavy (non-hydrogen) atoms. The average Bonchev–Trinajstić information content (AvgIpc) is 2.77. The predicted octanol–water partition coefficient (Wildman–Crippen LogP) is 2.29. The summed E-state index contributed by atoms with van der Waals surface area (Å²) in [4.78, 5) is 2.42. The average molecular weight is 292 g/mol. The summed E-state index contributed by atoms with van der Waals surface area (Å²) in [7, 11) is 0. The Balaban J connectivity index is 1.70. The molecule has 1 saturated heterocycles. The van der Waals surface area contributed by atoms with Gasteiger partial charge in [-0.2, -0.15) is 0 Å². The van der Waals surface area contributed by atoms with Crippen molar-refractivity contribution in [1.82, 2.24) is 10.2 Å².